The molecule has 2 N–H and O–H groups in total. The van der Waals surface area contributed by atoms with Gasteiger partial charge in [-0.15, -0.1) is 11.3 Å². The number of carboxylic acids is 1. The number of ether oxygens (including phenoxy) is 1. The molecule has 0 saturated heterocycles. The molecule has 7 heteroatoms. The minimum absolute atomic E-state index is 0.0218. The summed E-state index contributed by atoms with van der Waals surface area (Å²) in [7, 11) is 0. The number of aliphatic carboxylic acids is 1. The summed E-state index contributed by atoms with van der Waals surface area (Å²) in [5.41, 5.74) is 0.766. The van der Waals surface area contributed by atoms with Crippen molar-refractivity contribution in [2.24, 2.45) is 0 Å². The average molecular weight is 272 g/mol. The van der Waals surface area contributed by atoms with Crippen molar-refractivity contribution in [3.8, 4) is 0 Å². The molecule has 1 aromatic heterocycles. The van der Waals surface area contributed by atoms with Gasteiger partial charge in [-0.1, -0.05) is 0 Å². The van der Waals surface area contributed by atoms with Gasteiger partial charge in [0.05, 0.1) is 36.8 Å². The number of aryl methyl sites for hydroxylation is 1. The van der Waals surface area contributed by atoms with Crippen LogP contribution in [0.15, 0.2) is 5.38 Å². The van der Waals surface area contributed by atoms with E-state index in [0.717, 1.165) is 10.7 Å². The number of nitrogens with zero attached hydrogens (tertiary/aromatic N) is 1. The van der Waals surface area contributed by atoms with E-state index in [1.165, 1.54) is 11.3 Å². The zero-order chi connectivity index (χ0) is 13.4. The molecular weight excluding hydrogens is 256 g/mol. The molecule has 0 aliphatic carbocycles. The first kappa shape index (κ1) is 14.6. The molecule has 1 heterocycles. The van der Waals surface area contributed by atoms with E-state index in [1.54, 1.807) is 0 Å². The second-order valence-electron chi connectivity index (χ2n) is 3.64. The van der Waals surface area contributed by atoms with Gasteiger partial charge in [0.1, 0.15) is 0 Å². The van der Waals surface area contributed by atoms with Crippen LogP contribution in [-0.4, -0.2) is 41.7 Å². The lowest BCUT2D eigenvalue weighted by Gasteiger charge is -2.04. The Balaban J connectivity index is 2.05. The van der Waals surface area contributed by atoms with Gasteiger partial charge in [0.25, 0.3) is 0 Å². The fraction of sp³-hybridized carbons (Fsp3) is 0.545. The predicted octanol–water partition coefficient (Wildman–Crippen LogP) is 0.602. The maximum atomic E-state index is 11.5. The summed E-state index contributed by atoms with van der Waals surface area (Å²) in [6, 6.07) is 0. The van der Waals surface area contributed by atoms with Crippen molar-refractivity contribution in [3.05, 3.63) is 16.1 Å². The van der Waals surface area contributed by atoms with Crippen LogP contribution in [0.3, 0.4) is 0 Å². The van der Waals surface area contributed by atoms with E-state index in [9.17, 15) is 9.59 Å². The zero-order valence-corrected chi connectivity index (χ0v) is 11.0. The number of hydrogen-bond acceptors (Lipinski definition) is 5. The van der Waals surface area contributed by atoms with Crippen LogP contribution in [-0.2, 0) is 20.7 Å². The fourth-order valence-corrected chi connectivity index (χ4v) is 1.85. The van der Waals surface area contributed by atoms with E-state index in [2.05, 4.69) is 10.3 Å². The number of carbonyl (C=O) groups is 2. The molecule has 1 aromatic rings. The summed E-state index contributed by atoms with van der Waals surface area (Å²) < 4.78 is 5.04. The molecule has 100 valence electrons. The molecule has 0 aromatic carbocycles. The van der Waals surface area contributed by atoms with Crippen molar-refractivity contribution in [1.82, 2.24) is 10.3 Å². The average Bonchev–Trinajstić information content (AvgIpc) is 2.68. The molecule has 18 heavy (non-hydrogen) atoms. The van der Waals surface area contributed by atoms with Gasteiger partial charge in [-0.25, -0.2) is 4.98 Å². The minimum atomic E-state index is -0.891. The first-order valence-corrected chi connectivity index (χ1v) is 6.43. The third-order valence-corrected chi connectivity index (χ3v) is 2.86. The van der Waals surface area contributed by atoms with Crippen LogP contribution in [0.1, 0.15) is 17.1 Å². The second kappa shape index (κ2) is 7.78. The highest BCUT2D eigenvalue weighted by Crippen LogP contribution is 2.07. The smallest absolute Gasteiger partial charge is 0.305 e. The standard InChI is InChI=1S/C11H16N2O4S/c1-8-13-9(7-18-8)6-10(14)12-3-5-17-4-2-11(15)16/h7H,2-6H2,1H3,(H,12,14)(H,15,16). The van der Waals surface area contributed by atoms with Crippen LogP contribution in [0.25, 0.3) is 0 Å². The highest BCUT2D eigenvalue weighted by Gasteiger charge is 2.05. The third-order valence-electron chi connectivity index (χ3n) is 2.04. The van der Waals surface area contributed by atoms with Crippen LogP contribution in [0.5, 0.6) is 0 Å². The van der Waals surface area contributed by atoms with E-state index in [-0.39, 0.29) is 25.4 Å². The van der Waals surface area contributed by atoms with E-state index in [4.69, 9.17) is 9.84 Å². The van der Waals surface area contributed by atoms with Crippen molar-refractivity contribution in [3.63, 3.8) is 0 Å². The lowest BCUT2D eigenvalue weighted by atomic mass is 10.3. The van der Waals surface area contributed by atoms with Crippen LogP contribution in [0, 0.1) is 6.92 Å². The number of thiazole rings is 1. The van der Waals surface area contributed by atoms with Gasteiger partial charge >= 0.3 is 5.97 Å². The Morgan fingerprint density at radius 2 is 2.28 bits per heavy atom. The topological polar surface area (TPSA) is 88.5 Å². The molecule has 0 saturated carbocycles. The Morgan fingerprint density at radius 3 is 2.89 bits per heavy atom. The highest BCUT2D eigenvalue weighted by atomic mass is 32.1. The van der Waals surface area contributed by atoms with Crippen molar-refractivity contribution in [2.75, 3.05) is 19.8 Å². The maximum Gasteiger partial charge on any atom is 0.305 e. The molecule has 0 radical (unpaired) electrons. The van der Waals surface area contributed by atoms with Gasteiger partial charge in [-0.2, -0.15) is 0 Å². The number of hydrogen-bond donors (Lipinski definition) is 2. The summed E-state index contributed by atoms with van der Waals surface area (Å²) in [5.74, 6) is -1.000. The van der Waals surface area contributed by atoms with Crippen molar-refractivity contribution < 1.29 is 19.4 Å². The monoisotopic (exact) mass is 272 g/mol. The lowest BCUT2D eigenvalue weighted by Crippen LogP contribution is -2.29. The molecule has 0 fully saturated rings. The van der Waals surface area contributed by atoms with Crippen LogP contribution in [0.4, 0.5) is 0 Å². The zero-order valence-electron chi connectivity index (χ0n) is 10.1. The van der Waals surface area contributed by atoms with E-state index in [0.29, 0.717) is 13.2 Å². The van der Waals surface area contributed by atoms with Gasteiger partial charge < -0.3 is 15.2 Å². The lowest BCUT2D eigenvalue weighted by molar-refractivity contribution is -0.138. The number of aromatic nitrogens is 1. The summed E-state index contributed by atoms with van der Waals surface area (Å²) in [6.07, 6.45) is 0.242. The molecule has 0 atom stereocenters. The molecular formula is C11H16N2O4S. The quantitative estimate of drug-likeness (QED) is 0.677. The number of rotatable bonds is 8. The number of amides is 1. The van der Waals surface area contributed by atoms with Gasteiger partial charge in [0.2, 0.25) is 5.91 Å². The van der Waals surface area contributed by atoms with Crippen molar-refractivity contribution in [1.29, 1.82) is 0 Å². The first-order valence-electron chi connectivity index (χ1n) is 5.55. The minimum Gasteiger partial charge on any atom is -0.481 e. The second-order valence-corrected chi connectivity index (χ2v) is 4.70. The molecule has 1 rings (SSSR count). The third kappa shape index (κ3) is 6.31. The van der Waals surface area contributed by atoms with Crippen LogP contribution < -0.4 is 5.32 Å². The van der Waals surface area contributed by atoms with E-state index in [1.807, 2.05) is 12.3 Å². The number of carbonyl (C=O) groups excluding carboxylic acids is 1. The van der Waals surface area contributed by atoms with Crippen LogP contribution in [0.2, 0.25) is 0 Å². The molecule has 0 bridgehead atoms. The number of carboxylic acid groups (broad SMARTS) is 1. The predicted molar refractivity (Wildman–Crippen MR) is 66.6 cm³/mol. The molecule has 0 aliphatic heterocycles. The molecule has 6 nitrogen and oxygen atoms in total. The summed E-state index contributed by atoms with van der Waals surface area (Å²) in [6.45, 7) is 2.75. The Kier molecular flexibility index (Phi) is 6.31. The fourth-order valence-electron chi connectivity index (χ4n) is 1.24. The highest BCUT2D eigenvalue weighted by molar-refractivity contribution is 7.09. The SMILES string of the molecule is Cc1nc(CC(=O)NCCOCCC(=O)O)cs1. The molecule has 0 aliphatic rings. The largest absolute Gasteiger partial charge is 0.481 e. The van der Waals surface area contributed by atoms with Gasteiger partial charge in [-0.05, 0) is 6.92 Å². The Hall–Kier alpha value is -1.47. The molecule has 0 unspecified atom stereocenters. The van der Waals surface area contributed by atoms with Crippen molar-refractivity contribution in [2.45, 2.75) is 19.8 Å². The van der Waals surface area contributed by atoms with Gasteiger partial charge in [0.15, 0.2) is 0 Å². The van der Waals surface area contributed by atoms with E-state index >= 15 is 0 Å². The van der Waals surface area contributed by atoms with Gasteiger partial charge in [-0.3, -0.25) is 9.59 Å². The summed E-state index contributed by atoms with van der Waals surface area (Å²) >= 11 is 1.51. The summed E-state index contributed by atoms with van der Waals surface area (Å²) in [5, 5.41) is 13.8. The normalized spacial score (nSPS) is 10.3. The molecule has 1 amide bonds. The van der Waals surface area contributed by atoms with Gasteiger partial charge in [0, 0.05) is 11.9 Å². The van der Waals surface area contributed by atoms with Crippen LogP contribution >= 0.6 is 11.3 Å². The van der Waals surface area contributed by atoms with E-state index < -0.39 is 5.97 Å². The number of nitrogens with one attached hydrogen (secondary N) is 1. The maximum absolute atomic E-state index is 11.5. The summed E-state index contributed by atoms with van der Waals surface area (Å²) in [4.78, 5) is 25.8. The first-order chi connectivity index (χ1) is 8.58. The molecule has 0 spiro atoms. The van der Waals surface area contributed by atoms with Crippen molar-refractivity contribution >= 4 is 23.2 Å². The Bertz CT molecular complexity index is 406. The Labute approximate surface area is 109 Å². The Morgan fingerprint density at radius 1 is 1.50 bits per heavy atom.